The van der Waals surface area contributed by atoms with Crippen molar-refractivity contribution in [2.24, 2.45) is 0 Å². The SMILES string of the molecule is OCCN1C2CCC1CC(=C1c3ccccc3Sc3ccccc31)C2. The quantitative estimate of drug-likeness (QED) is 0.733. The van der Waals surface area contributed by atoms with Crippen molar-refractivity contribution in [1.29, 1.82) is 0 Å². The monoisotopic (exact) mass is 349 g/mol. The van der Waals surface area contributed by atoms with Crippen LogP contribution < -0.4 is 0 Å². The topological polar surface area (TPSA) is 23.5 Å². The molecule has 0 spiro atoms. The second-order valence-electron chi connectivity index (χ2n) is 7.33. The van der Waals surface area contributed by atoms with Crippen molar-refractivity contribution in [1.82, 2.24) is 4.90 Å². The minimum atomic E-state index is 0.279. The van der Waals surface area contributed by atoms with E-state index < -0.39 is 0 Å². The van der Waals surface area contributed by atoms with Crippen molar-refractivity contribution >= 4 is 17.3 Å². The van der Waals surface area contributed by atoms with Crippen molar-refractivity contribution in [2.75, 3.05) is 13.2 Å². The standard InChI is InChI=1S/C22H23NOS/c24-12-11-23-16-9-10-17(23)14-15(13-16)22-18-5-1-3-7-20(18)25-21-8-4-2-6-19(21)22/h1-8,16-17,24H,9-14H2. The summed E-state index contributed by atoms with van der Waals surface area (Å²) in [5, 5.41) is 9.40. The van der Waals surface area contributed by atoms with Gasteiger partial charge < -0.3 is 5.11 Å². The van der Waals surface area contributed by atoms with Crippen molar-refractivity contribution in [3.05, 3.63) is 65.2 Å². The molecular formula is C22H23NOS. The molecule has 0 amide bonds. The average Bonchev–Trinajstić information content (AvgIpc) is 2.88. The number of hydrogen-bond donors (Lipinski definition) is 1. The molecule has 2 unspecified atom stereocenters. The van der Waals surface area contributed by atoms with Gasteiger partial charge >= 0.3 is 0 Å². The summed E-state index contributed by atoms with van der Waals surface area (Å²) in [5.74, 6) is 0. The summed E-state index contributed by atoms with van der Waals surface area (Å²) < 4.78 is 0. The predicted octanol–water partition coefficient (Wildman–Crippen LogP) is 4.57. The first-order valence-electron chi connectivity index (χ1n) is 9.30. The number of rotatable bonds is 2. The highest BCUT2D eigenvalue weighted by Crippen LogP contribution is 2.50. The molecule has 0 aromatic heterocycles. The number of benzene rings is 2. The number of nitrogens with zero attached hydrogens (tertiary/aromatic N) is 1. The average molecular weight is 349 g/mol. The largest absolute Gasteiger partial charge is 0.395 e. The fourth-order valence-corrected chi connectivity index (χ4v) is 6.05. The van der Waals surface area contributed by atoms with Gasteiger partial charge in [-0.15, -0.1) is 0 Å². The summed E-state index contributed by atoms with van der Waals surface area (Å²) in [4.78, 5) is 5.32. The zero-order chi connectivity index (χ0) is 16.8. The van der Waals surface area contributed by atoms with Crippen LogP contribution in [0, 0.1) is 0 Å². The zero-order valence-corrected chi connectivity index (χ0v) is 15.1. The second kappa shape index (κ2) is 6.31. The molecule has 0 aliphatic carbocycles. The van der Waals surface area contributed by atoms with Gasteiger partial charge in [-0.2, -0.15) is 0 Å². The highest BCUT2D eigenvalue weighted by molar-refractivity contribution is 7.99. The highest BCUT2D eigenvalue weighted by atomic mass is 32.2. The number of fused-ring (bicyclic) bond motifs is 4. The molecule has 2 fully saturated rings. The van der Waals surface area contributed by atoms with Crippen molar-refractivity contribution in [3.8, 4) is 0 Å². The molecule has 2 atom stereocenters. The smallest absolute Gasteiger partial charge is 0.0558 e. The number of piperidine rings is 1. The van der Waals surface area contributed by atoms with Gasteiger partial charge in [-0.1, -0.05) is 53.7 Å². The van der Waals surface area contributed by atoms with Gasteiger partial charge in [0.15, 0.2) is 0 Å². The summed E-state index contributed by atoms with van der Waals surface area (Å²) in [6, 6.07) is 19.0. The molecule has 2 bridgehead atoms. The lowest BCUT2D eigenvalue weighted by molar-refractivity contribution is 0.129. The van der Waals surface area contributed by atoms with E-state index in [4.69, 9.17) is 0 Å². The molecule has 2 nitrogen and oxygen atoms in total. The van der Waals surface area contributed by atoms with Crippen LogP contribution in [0.1, 0.15) is 36.8 Å². The van der Waals surface area contributed by atoms with Gasteiger partial charge in [0, 0.05) is 28.4 Å². The number of aliphatic hydroxyl groups is 1. The molecule has 3 heteroatoms. The maximum absolute atomic E-state index is 9.40. The van der Waals surface area contributed by atoms with Crippen LogP contribution in [0.5, 0.6) is 0 Å². The van der Waals surface area contributed by atoms with Crippen LogP contribution in [0.15, 0.2) is 63.9 Å². The molecule has 1 N–H and O–H groups in total. The Morgan fingerprint density at radius 1 is 0.880 bits per heavy atom. The van der Waals surface area contributed by atoms with Crippen LogP contribution in [0.2, 0.25) is 0 Å². The Kier molecular flexibility index (Phi) is 3.96. The van der Waals surface area contributed by atoms with Crippen LogP contribution in [0.25, 0.3) is 5.57 Å². The zero-order valence-electron chi connectivity index (χ0n) is 14.3. The molecule has 3 heterocycles. The molecule has 2 aromatic carbocycles. The molecule has 25 heavy (non-hydrogen) atoms. The van der Waals surface area contributed by atoms with E-state index in [1.807, 2.05) is 11.8 Å². The van der Waals surface area contributed by atoms with Crippen molar-refractivity contribution in [3.63, 3.8) is 0 Å². The Morgan fingerprint density at radius 2 is 1.44 bits per heavy atom. The summed E-state index contributed by atoms with van der Waals surface area (Å²) in [6.07, 6.45) is 4.86. The third-order valence-corrected chi connectivity index (χ3v) is 7.13. The van der Waals surface area contributed by atoms with E-state index in [0.29, 0.717) is 12.1 Å². The van der Waals surface area contributed by atoms with Crippen LogP contribution in [-0.4, -0.2) is 35.2 Å². The van der Waals surface area contributed by atoms with Gasteiger partial charge in [-0.05, 0) is 54.5 Å². The number of hydrogen-bond acceptors (Lipinski definition) is 3. The summed E-state index contributed by atoms with van der Waals surface area (Å²) in [5.41, 5.74) is 5.94. The molecule has 3 aliphatic rings. The van der Waals surface area contributed by atoms with Gasteiger partial charge in [0.1, 0.15) is 0 Å². The fourth-order valence-electron chi connectivity index (χ4n) is 4.96. The lowest BCUT2D eigenvalue weighted by atomic mass is 9.85. The lowest BCUT2D eigenvalue weighted by Gasteiger charge is -2.37. The Hall–Kier alpha value is -1.55. The van der Waals surface area contributed by atoms with E-state index in [9.17, 15) is 5.11 Å². The molecule has 128 valence electrons. The van der Waals surface area contributed by atoms with Gasteiger partial charge in [0.25, 0.3) is 0 Å². The van der Waals surface area contributed by atoms with Gasteiger partial charge in [-0.3, -0.25) is 4.90 Å². The Balaban J connectivity index is 1.64. The van der Waals surface area contributed by atoms with E-state index in [1.54, 1.807) is 5.57 Å². The van der Waals surface area contributed by atoms with Gasteiger partial charge in [0.2, 0.25) is 0 Å². The van der Waals surface area contributed by atoms with Crippen molar-refractivity contribution in [2.45, 2.75) is 47.6 Å². The van der Waals surface area contributed by atoms with Gasteiger partial charge in [0.05, 0.1) is 6.61 Å². The normalized spacial score (nSPS) is 25.0. The highest BCUT2D eigenvalue weighted by Gasteiger charge is 2.39. The van der Waals surface area contributed by atoms with Crippen LogP contribution in [-0.2, 0) is 0 Å². The maximum Gasteiger partial charge on any atom is 0.0558 e. The van der Waals surface area contributed by atoms with E-state index >= 15 is 0 Å². The van der Waals surface area contributed by atoms with E-state index in [1.165, 1.54) is 39.3 Å². The fraction of sp³-hybridized carbons (Fsp3) is 0.364. The lowest BCUT2D eigenvalue weighted by Crippen LogP contribution is -2.42. The molecule has 5 rings (SSSR count). The summed E-state index contributed by atoms with van der Waals surface area (Å²) >= 11 is 1.90. The predicted molar refractivity (Wildman–Crippen MR) is 103 cm³/mol. The first-order chi connectivity index (χ1) is 12.3. The minimum absolute atomic E-state index is 0.279. The first kappa shape index (κ1) is 15.7. The van der Waals surface area contributed by atoms with E-state index in [0.717, 1.165) is 19.4 Å². The Labute approximate surface area is 153 Å². The molecule has 2 aromatic rings. The van der Waals surface area contributed by atoms with Crippen LogP contribution in [0.4, 0.5) is 0 Å². The molecule has 0 saturated carbocycles. The minimum Gasteiger partial charge on any atom is -0.395 e. The molecule has 3 aliphatic heterocycles. The Bertz CT molecular complexity index is 780. The maximum atomic E-state index is 9.40. The summed E-state index contributed by atoms with van der Waals surface area (Å²) in [6.45, 7) is 1.11. The molecular weight excluding hydrogens is 326 g/mol. The number of aliphatic hydroxyl groups excluding tert-OH is 1. The van der Waals surface area contributed by atoms with E-state index in [2.05, 4.69) is 53.4 Å². The third kappa shape index (κ3) is 2.57. The molecule has 2 saturated heterocycles. The summed E-state index contributed by atoms with van der Waals surface area (Å²) in [7, 11) is 0. The second-order valence-corrected chi connectivity index (χ2v) is 8.41. The Morgan fingerprint density at radius 3 is 2.00 bits per heavy atom. The first-order valence-corrected chi connectivity index (χ1v) is 10.1. The van der Waals surface area contributed by atoms with E-state index in [-0.39, 0.29) is 6.61 Å². The molecule has 0 radical (unpaired) electrons. The van der Waals surface area contributed by atoms with Gasteiger partial charge in [-0.25, -0.2) is 0 Å². The van der Waals surface area contributed by atoms with Crippen LogP contribution >= 0.6 is 11.8 Å². The van der Waals surface area contributed by atoms with Crippen molar-refractivity contribution < 1.29 is 5.11 Å². The third-order valence-electron chi connectivity index (χ3n) is 5.98. The van der Waals surface area contributed by atoms with Crippen LogP contribution in [0.3, 0.4) is 0 Å².